The molecule has 1 aliphatic heterocycles. The molecule has 2 nitrogen and oxygen atoms in total. The van der Waals surface area contributed by atoms with E-state index in [1.165, 1.54) is 16.8 Å². The fourth-order valence-electron chi connectivity index (χ4n) is 2.66. The number of rotatable bonds is 2. The van der Waals surface area contributed by atoms with Gasteiger partial charge in [-0.3, -0.25) is 0 Å². The minimum atomic E-state index is -0.0129. The molecule has 0 radical (unpaired) electrons. The predicted octanol–water partition coefficient (Wildman–Crippen LogP) is 4.44. The Morgan fingerprint density at radius 2 is 2.06 bits per heavy atom. The smallest absolute Gasteiger partial charge is 0.0646 e. The molecule has 0 amide bonds. The minimum Gasteiger partial charge on any atom is -0.381 e. The summed E-state index contributed by atoms with van der Waals surface area (Å²) >= 11 is 3.66. The van der Waals surface area contributed by atoms with Gasteiger partial charge in [-0.05, 0) is 73.7 Å². The summed E-state index contributed by atoms with van der Waals surface area (Å²) in [6, 6.07) is 4.88. The van der Waals surface area contributed by atoms with Crippen LogP contribution in [-0.2, 0) is 4.74 Å². The average Bonchev–Trinajstić information content (AvgIpc) is 2.22. The molecule has 1 unspecified atom stereocenters. The van der Waals surface area contributed by atoms with E-state index in [0.29, 0.717) is 6.04 Å². The van der Waals surface area contributed by atoms with Crippen molar-refractivity contribution < 1.29 is 4.74 Å². The van der Waals surface area contributed by atoms with Crippen molar-refractivity contribution in [3.05, 3.63) is 27.7 Å². The quantitative estimate of drug-likeness (QED) is 0.872. The van der Waals surface area contributed by atoms with Crippen LogP contribution in [0.25, 0.3) is 0 Å². The van der Waals surface area contributed by atoms with Crippen molar-refractivity contribution in [2.24, 2.45) is 0 Å². The van der Waals surface area contributed by atoms with Crippen LogP contribution in [0.2, 0.25) is 0 Å². The number of anilines is 1. The van der Waals surface area contributed by atoms with Gasteiger partial charge in [-0.25, -0.2) is 0 Å². The Balaban J connectivity index is 2.14. The molecule has 1 aromatic rings. The average molecular weight is 312 g/mol. The van der Waals surface area contributed by atoms with Crippen LogP contribution >= 0.6 is 15.9 Å². The number of aryl methyl sites for hydroxylation is 2. The Kier molecular flexibility index (Phi) is 4.02. The van der Waals surface area contributed by atoms with Crippen LogP contribution in [0.3, 0.4) is 0 Å². The maximum absolute atomic E-state index is 5.76. The van der Waals surface area contributed by atoms with Gasteiger partial charge in [0.2, 0.25) is 0 Å². The molecule has 1 N–H and O–H groups in total. The highest BCUT2D eigenvalue weighted by atomic mass is 79.9. The van der Waals surface area contributed by atoms with Gasteiger partial charge in [0.05, 0.1) is 11.3 Å². The highest BCUT2D eigenvalue weighted by molar-refractivity contribution is 9.10. The molecule has 0 aromatic heterocycles. The highest BCUT2D eigenvalue weighted by Crippen LogP contribution is 2.32. The van der Waals surface area contributed by atoms with Gasteiger partial charge in [0.25, 0.3) is 0 Å². The SMILES string of the molecule is Cc1cc(C)c(NC2CCOC(C)(C)C2)c(Br)c1. The topological polar surface area (TPSA) is 21.3 Å². The van der Waals surface area contributed by atoms with E-state index < -0.39 is 0 Å². The molecule has 1 saturated heterocycles. The Morgan fingerprint density at radius 3 is 2.67 bits per heavy atom. The van der Waals surface area contributed by atoms with E-state index in [4.69, 9.17) is 4.74 Å². The van der Waals surface area contributed by atoms with Crippen LogP contribution in [0.4, 0.5) is 5.69 Å². The van der Waals surface area contributed by atoms with Crippen molar-refractivity contribution in [2.45, 2.75) is 52.2 Å². The van der Waals surface area contributed by atoms with E-state index >= 15 is 0 Å². The van der Waals surface area contributed by atoms with Crippen molar-refractivity contribution in [2.75, 3.05) is 11.9 Å². The van der Waals surface area contributed by atoms with E-state index in [1.54, 1.807) is 0 Å². The Morgan fingerprint density at radius 1 is 1.33 bits per heavy atom. The maximum Gasteiger partial charge on any atom is 0.0646 e. The summed E-state index contributed by atoms with van der Waals surface area (Å²) in [6.07, 6.45) is 2.12. The third-order valence-electron chi connectivity index (χ3n) is 3.48. The predicted molar refractivity (Wildman–Crippen MR) is 80.3 cm³/mol. The number of nitrogens with one attached hydrogen (secondary N) is 1. The summed E-state index contributed by atoms with van der Waals surface area (Å²) in [6.45, 7) is 9.45. The molecule has 0 spiro atoms. The first kappa shape index (κ1) is 13.9. The summed E-state index contributed by atoms with van der Waals surface area (Å²) in [5, 5.41) is 3.67. The lowest BCUT2D eigenvalue weighted by Crippen LogP contribution is -2.40. The summed E-state index contributed by atoms with van der Waals surface area (Å²) < 4.78 is 6.92. The van der Waals surface area contributed by atoms with Gasteiger partial charge in [-0.2, -0.15) is 0 Å². The third-order valence-corrected chi connectivity index (χ3v) is 4.10. The Bertz CT molecular complexity index is 419. The van der Waals surface area contributed by atoms with Gasteiger partial charge in [0.1, 0.15) is 0 Å². The molecule has 2 rings (SSSR count). The first-order valence-electron chi connectivity index (χ1n) is 6.55. The second kappa shape index (κ2) is 5.22. The molecule has 3 heteroatoms. The molecule has 0 aliphatic carbocycles. The number of hydrogen-bond acceptors (Lipinski definition) is 2. The van der Waals surface area contributed by atoms with Crippen LogP contribution < -0.4 is 5.32 Å². The molecular weight excluding hydrogens is 290 g/mol. The summed E-state index contributed by atoms with van der Waals surface area (Å²) in [5.74, 6) is 0. The lowest BCUT2D eigenvalue weighted by Gasteiger charge is -2.36. The van der Waals surface area contributed by atoms with Crippen LogP contribution in [0.1, 0.15) is 37.8 Å². The van der Waals surface area contributed by atoms with Crippen LogP contribution in [-0.4, -0.2) is 18.2 Å². The fourth-order valence-corrected chi connectivity index (χ4v) is 3.45. The number of hydrogen-bond donors (Lipinski definition) is 1. The summed E-state index contributed by atoms with van der Waals surface area (Å²) in [7, 11) is 0. The van der Waals surface area contributed by atoms with E-state index in [0.717, 1.165) is 23.9 Å². The second-order valence-electron chi connectivity index (χ2n) is 5.88. The standard InChI is InChI=1S/C15H22BrNO/c1-10-7-11(2)14(13(16)8-10)17-12-5-6-18-15(3,4)9-12/h7-8,12,17H,5-6,9H2,1-4H3. The first-order chi connectivity index (χ1) is 8.37. The van der Waals surface area contributed by atoms with Crippen molar-refractivity contribution in [3.8, 4) is 0 Å². The van der Waals surface area contributed by atoms with Gasteiger partial charge < -0.3 is 10.1 Å². The molecule has 1 heterocycles. The van der Waals surface area contributed by atoms with E-state index in [-0.39, 0.29) is 5.60 Å². The fraction of sp³-hybridized carbons (Fsp3) is 0.600. The minimum absolute atomic E-state index is 0.0129. The third kappa shape index (κ3) is 3.27. The largest absolute Gasteiger partial charge is 0.381 e. The number of benzene rings is 1. The van der Waals surface area contributed by atoms with Gasteiger partial charge in [-0.1, -0.05) is 6.07 Å². The molecular formula is C15H22BrNO. The molecule has 1 aromatic carbocycles. The van der Waals surface area contributed by atoms with Gasteiger partial charge in [0.15, 0.2) is 0 Å². The van der Waals surface area contributed by atoms with Crippen molar-refractivity contribution in [3.63, 3.8) is 0 Å². The van der Waals surface area contributed by atoms with E-state index in [2.05, 4.69) is 61.1 Å². The Labute approximate surface area is 118 Å². The van der Waals surface area contributed by atoms with E-state index in [1.807, 2.05) is 0 Å². The first-order valence-corrected chi connectivity index (χ1v) is 7.34. The molecule has 0 bridgehead atoms. The lowest BCUT2D eigenvalue weighted by molar-refractivity contribution is -0.0553. The molecule has 1 fully saturated rings. The van der Waals surface area contributed by atoms with Crippen molar-refractivity contribution >= 4 is 21.6 Å². The molecule has 0 saturated carbocycles. The van der Waals surface area contributed by atoms with Crippen molar-refractivity contribution in [1.82, 2.24) is 0 Å². The lowest BCUT2D eigenvalue weighted by atomic mass is 9.93. The molecule has 1 aliphatic rings. The summed E-state index contributed by atoms with van der Waals surface area (Å²) in [5.41, 5.74) is 3.80. The van der Waals surface area contributed by atoms with Crippen LogP contribution in [0, 0.1) is 13.8 Å². The highest BCUT2D eigenvalue weighted by Gasteiger charge is 2.29. The van der Waals surface area contributed by atoms with Crippen molar-refractivity contribution in [1.29, 1.82) is 0 Å². The molecule has 18 heavy (non-hydrogen) atoms. The zero-order chi connectivity index (χ0) is 13.3. The summed E-state index contributed by atoms with van der Waals surface area (Å²) in [4.78, 5) is 0. The number of ether oxygens (including phenoxy) is 1. The monoisotopic (exact) mass is 311 g/mol. The van der Waals surface area contributed by atoms with Crippen LogP contribution in [0.15, 0.2) is 16.6 Å². The van der Waals surface area contributed by atoms with Crippen LogP contribution in [0.5, 0.6) is 0 Å². The van der Waals surface area contributed by atoms with Gasteiger partial charge >= 0.3 is 0 Å². The molecule has 1 atom stereocenters. The van der Waals surface area contributed by atoms with E-state index in [9.17, 15) is 0 Å². The normalized spacial score (nSPS) is 22.8. The maximum atomic E-state index is 5.76. The molecule has 100 valence electrons. The zero-order valence-corrected chi connectivity index (χ0v) is 13.2. The van der Waals surface area contributed by atoms with Gasteiger partial charge in [0, 0.05) is 17.1 Å². The second-order valence-corrected chi connectivity index (χ2v) is 6.74. The Hall–Kier alpha value is -0.540. The zero-order valence-electron chi connectivity index (χ0n) is 11.6. The van der Waals surface area contributed by atoms with Gasteiger partial charge in [-0.15, -0.1) is 0 Å². The number of halogens is 1.